The van der Waals surface area contributed by atoms with Crippen molar-refractivity contribution in [3.63, 3.8) is 0 Å². The van der Waals surface area contributed by atoms with Crippen molar-refractivity contribution in [2.24, 2.45) is 7.05 Å². The summed E-state index contributed by atoms with van der Waals surface area (Å²) in [5.41, 5.74) is 0.594. The predicted octanol–water partition coefficient (Wildman–Crippen LogP) is 2.67. The number of nitrogens with zero attached hydrogens (tertiary/aromatic N) is 2. The molecule has 0 spiro atoms. The van der Waals surface area contributed by atoms with E-state index < -0.39 is 5.60 Å². The highest BCUT2D eigenvalue weighted by molar-refractivity contribution is 5.67. The van der Waals surface area contributed by atoms with Crippen LogP contribution in [0.1, 0.15) is 45.7 Å². The van der Waals surface area contributed by atoms with Crippen LogP contribution >= 0.6 is 0 Å². The number of carbonyl (C=O) groups is 1. The number of rotatable bonds is 7. The van der Waals surface area contributed by atoms with Gasteiger partial charge in [-0.2, -0.15) is 5.10 Å². The summed E-state index contributed by atoms with van der Waals surface area (Å²) in [5.74, 6) is 0.775. The van der Waals surface area contributed by atoms with Gasteiger partial charge >= 0.3 is 6.09 Å². The molecule has 1 aromatic heterocycles. The van der Waals surface area contributed by atoms with E-state index in [9.17, 15) is 4.79 Å². The highest BCUT2D eigenvalue weighted by Gasteiger charge is 2.15. The second-order valence-electron chi connectivity index (χ2n) is 6.04. The van der Waals surface area contributed by atoms with E-state index in [0.717, 1.165) is 37.3 Å². The van der Waals surface area contributed by atoms with E-state index in [0.29, 0.717) is 6.54 Å². The first kappa shape index (κ1) is 17.3. The van der Waals surface area contributed by atoms with Crippen LogP contribution in [0.25, 0.3) is 0 Å². The Morgan fingerprint density at radius 2 is 2.05 bits per heavy atom. The topological polar surface area (TPSA) is 65.4 Å². The minimum atomic E-state index is -0.442. The molecule has 0 saturated heterocycles. The summed E-state index contributed by atoms with van der Waals surface area (Å²) in [5, 5.41) is 7.13. The Hall–Kier alpha value is -1.72. The molecule has 0 aliphatic rings. The third-order valence-electron chi connectivity index (χ3n) is 2.87. The number of amides is 1. The van der Waals surface area contributed by atoms with Crippen LogP contribution in [0.3, 0.4) is 0 Å². The fourth-order valence-electron chi connectivity index (χ4n) is 1.93. The van der Waals surface area contributed by atoms with Gasteiger partial charge in [0.2, 0.25) is 5.88 Å². The number of methoxy groups -OCH3 is 1. The minimum Gasteiger partial charge on any atom is -0.481 e. The van der Waals surface area contributed by atoms with Crippen LogP contribution in [0.4, 0.5) is 4.79 Å². The van der Waals surface area contributed by atoms with Gasteiger partial charge in [-0.15, -0.1) is 0 Å². The van der Waals surface area contributed by atoms with Gasteiger partial charge in [-0.3, -0.25) is 0 Å². The molecule has 1 rings (SSSR count). The molecule has 120 valence electrons. The molecule has 0 saturated carbocycles. The molecular formula is C15H27N3O3. The van der Waals surface area contributed by atoms with Crippen molar-refractivity contribution >= 4 is 6.09 Å². The molecule has 1 N–H and O–H groups in total. The maximum Gasteiger partial charge on any atom is 0.407 e. The molecular weight excluding hydrogens is 270 g/mol. The van der Waals surface area contributed by atoms with Gasteiger partial charge in [0, 0.05) is 19.7 Å². The molecule has 0 bridgehead atoms. The molecule has 6 nitrogen and oxygen atoms in total. The van der Waals surface area contributed by atoms with E-state index in [1.165, 1.54) is 0 Å². The molecule has 1 amide bonds. The van der Waals surface area contributed by atoms with Crippen LogP contribution in [0, 0.1) is 0 Å². The van der Waals surface area contributed by atoms with Gasteiger partial charge in [-0.05, 0) is 40.0 Å². The first-order chi connectivity index (χ1) is 9.81. The van der Waals surface area contributed by atoms with Gasteiger partial charge in [0.05, 0.1) is 12.8 Å². The number of aryl methyl sites for hydroxylation is 2. The minimum absolute atomic E-state index is 0.350. The Kier molecular flexibility index (Phi) is 6.52. The summed E-state index contributed by atoms with van der Waals surface area (Å²) in [4.78, 5) is 11.4. The molecule has 0 aromatic carbocycles. The third kappa shape index (κ3) is 7.02. The normalized spacial score (nSPS) is 11.3. The lowest BCUT2D eigenvalue weighted by atomic mass is 10.1. The lowest BCUT2D eigenvalue weighted by molar-refractivity contribution is 0.0527. The Morgan fingerprint density at radius 1 is 1.33 bits per heavy atom. The van der Waals surface area contributed by atoms with Crippen molar-refractivity contribution in [1.82, 2.24) is 15.1 Å². The lowest BCUT2D eigenvalue weighted by Crippen LogP contribution is -2.32. The van der Waals surface area contributed by atoms with Crippen LogP contribution in [0.15, 0.2) is 6.07 Å². The maximum atomic E-state index is 11.4. The van der Waals surface area contributed by atoms with E-state index in [1.807, 2.05) is 33.9 Å². The summed E-state index contributed by atoms with van der Waals surface area (Å²) in [6, 6.07) is 1.96. The third-order valence-corrected chi connectivity index (χ3v) is 2.87. The molecule has 0 radical (unpaired) electrons. The smallest absolute Gasteiger partial charge is 0.407 e. The highest BCUT2D eigenvalue weighted by atomic mass is 16.6. The number of ether oxygens (including phenoxy) is 2. The molecule has 0 atom stereocenters. The molecule has 1 aromatic rings. The summed E-state index contributed by atoms with van der Waals surface area (Å²) in [6.07, 6.45) is 3.58. The summed E-state index contributed by atoms with van der Waals surface area (Å²) in [7, 11) is 3.51. The Bertz CT molecular complexity index is 450. The van der Waals surface area contributed by atoms with Crippen molar-refractivity contribution in [3.8, 4) is 5.88 Å². The fraction of sp³-hybridized carbons (Fsp3) is 0.733. The Labute approximate surface area is 126 Å². The number of hydrogen-bond donors (Lipinski definition) is 1. The van der Waals surface area contributed by atoms with Gasteiger partial charge in [-0.25, -0.2) is 9.48 Å². The largest absolute Gasteiger partial charge is 0.481 e. The van der Waals surface area contributed by atoms with Gasteiger partial charge in [0.1, 0.15) is 5.60 Å². The second kappa shape index (κ2) is 7.90. The monoisotopic (exact) mass is 297 g/mol. The number of alkyl carbamates (subject to hydrolysis) is 1. The zero-order chi connectivity index (χ0) is 15.9. The van der Waals surface area contributed by atoms with Crippen LogP contribution in [0.5, 0.6) is 5.88 Å². The van der Waals surface area contributed by atoms with Crippen LogP contribution in [0.2, 0.25) is 0 Å². The van der Waals surface area contributed by atoms with Crippen molar-refractivity contribution in [1.29, 1.82) is 0 Å². The van der Waals surface area contributed by atoms with E-state index in [-0.39, 0.29) is 6.09 Å². The van der Waals surface area contributed by atoms with Crippen molar-refractivity contribution in [2.75, 3.05) is 13.7 Å². The van der Waals surface area contributed by atoms with Crippen molar-refractivity contribution < 1.29 is 14.3 Å². The van der Waals surface area contributed by atoms with Gasteiger partial charge < -0.3 is 14.8 Å². The standard InChI is InChI=1S/C15H27N3O3/c1-15(2,3)21-14(19)16-10-8-6-7-9-12-11-13(20-5)18(4)17-12/h11H,6-10H2,1-5H3,(H,16,19). The molecule has 0 aliphatic carbocycles. The SMILES string of the molecule is COc1cc(CCCCCNC(=O)OC(C)(C)C)nn1C. The van der Waals surface area contributed by atoms with Crippen LogP contribution < -0.4 is 10.1 Å². The van der Waals surface area contributed by atoms with Crippen LogP contribution in [-0.4, -0.2) is 35.1 Å². The molecule has 0 fully saturated rings. The average Bonchev–Trinajstić information content (AvgIpc) is 2.72. The number of nitrogens with one attached hydrogen (secondary N) is 1. The van der Waals surface area contributed by atoms with E-state index >= 15 is 0 Å². The summed E-state index contributed by atoms with van der Waals surface area (Å²) in [6.45, 7) is 6.20. The first-order valence-corrected chi connectivity index (χ1v) is 7.35. The van der Waals surface area contributed by atoms with E-state index in [2.05, 4.69) is 10.4 Å². The lowest BCUT2D eigenvalue weighted by Gasteiger charge is -2.19. The quantitative estimate of drug-likeness (QED) is 0.786. The van der Waals surface area contributed by atoms with Crippen molar-refractivity contribution in [3.05, 3.63) is 11.8 Å². The summed E-state index contributed by atoms with van der Waals surface area (Å²) >= 11 is 0. The number of carbonyl (C=O) groups excluding carboxylic acids is 1. The molecule has 6 heteroatoms. The van der Waals surface area contributed by atoms with E-state index in [4.69, 9.17) is 9.47 Å². The van der Waals surface area contributed by atoms with Crippen LogP contribution in [-0.2, 0) is 18.2 Å². The molecule has 0 aliphatic heterocycles. The van der Waals surface area contributed by atoms with Gasteiger partial charge in [0.25, 0.3) is 0 Å². The Balaban J connectivity index is 2.10. The molecule has 21 heavy (non-hydrogen) atoms. The zero-order valence-electron chi connectivity index (χ0n) is 13.7. The molecule has 0 unspecified atom stereocenters. The van der Waals surface area contributed by atoms with E-state index in [1.54, 1.807) is 11.8 Å². The van der Waals surface area contributed by atoms with Gasteiger partial charge in [-0.1, -0.05) is 6.42 Å². The zero-order valence-corrected chi connectivity index (χ0v) is 13.7. The molecule has 1 heterocycles. The number of hydrogen-bond acceptors (Lipinski definition) is 4. The first-order valence-electron chi connectivity index (χ1n) is 7.35. The number of unbranched alkanes of at least 4 members (excludes halogenated alkanes) is 2. The van der Waals surface area contributed by atoms with Crippen molar-refractivity contribution in [2.45, 2.75) is 52.1 Å². The maximum absolute atomic E-state index is 11.4. The fourth-order valence-corrected chi connectivity index (χ4v) is 1.93. The predicted molar refractivity (Wildman–Crippen MR) is 81.6 cm³/mol. The average molecular weight is 297 g/mol. The number of aromatic nitrogens is 2. The summed E-state index contributed by atoms with van der Waals surface area (Å²) < 4.78 is 12.1. The highest BCUT2D eigenvalue weighted by Crippen LogP contribution is 2.13. The van der Waals surface area contributed by atoms with Gasteiger partial charge in [0.15, 0.2) is 0 Å². The Morgan fingerprint density at radius 3 is 2.62 bits per heavy atom. The second-order valence-corrected chi connectivity index (χ2v) is 6.04.